The third kappa shape index (κ3) is 1.12. The Kier molecular flexibility index (Phi) is 1.93. The van der Waals surface area contributed by atoms with Crippen molar-refractivity contribution in [3.63, 3.8) is 0 Å². The second kappa shape index (κ2) is 2.72. The first-order valence-electron chi connectivity index (χ1n) is 2.89. The zero-order valence-corrected chi connectivity index (χ0v) is 6.75. The maximum absolute atomic E-state index is 5.19. The summed E-state index contributed by atoms with van der Waals surface area (Å²) in [5.41, 5.74) is 0.745. The highest BCUT2D eigenvalue weighted by Crippen LogP contribution is 2.20. The molecule has 0 bridgehead atoms. The number of nitrogens with zero attached hydrogens (tertiary/aromatic N) is 1. The number of anilines is 1. The minimum absolute atomic E-state index is 0.745. The quantitative estimate of drug-likeness (QED) is 0.616. The predicted molar refractivity (Wildman–Crippen MR) is 44.3 cm³/mol. The van der Waals surface area contributed by atoms with Gasteiger partial charge in [0.2, 0.25) is 0 Å². The van der Waals surface area contributed by atoms with E-state index in [1.54, 1.807) is 11.3 Å². The van der Waals surface area contributed by atoms with E-state index in [0.717, 1.165) is 15.7 Å². The van der Waals surface area contributed by atoms with Gasteiger partial charge in [0.05, 0.1) is 0 Å². The Labute approximate surface area is 64.3 Å². The molecule has 0 aliphatic carbocycles. The maximum Gasteiger partial charge on any atom is 0.183 e. The predicted octanol–water partition coefficient (Wildman–Crippen LogP) is 1.47. The van der Waals surface area contributed by atoms with Crippen molar-refractivity contribution in [1.82, 2.24) is 4.98 Å². The van der Waals surface area contributed by atoms with Crippen LogP contribution in [0.5, 0.6) is 0 Å². The molecule has 0 atom stereocenters. The lowest BCUT2D eigenvalue weighted by molar-refractivity contribution is 1.31. The fourth-order valence-corrected chi connectivity index (χ4v) is 1.37. The van der Waals surface area contributed by atoms with Gasteiger partial charge in [-0.3, -0.25) is 0 Å². The van der Waals surface area contributed by atoms with E-state index in [4.69, 9.17) is 6.42 Å². The van der Waals surface area contributed by atoms with Crippen LogP contribution in [0.25, 0.3) is 0 Å². The van der Waals surface area contributed by atoms with Gasteiger partial charge in [0.1, 0.15) is 5.69 Å². The number of hydrogen-bond acceptors (Lipinski definition) is 3. The summed E-state index contributed by atoms with van der Waals surface area (Å²) in [7, 11) is 1.83. The molecule has 0 radical (unpaired) electrons. The minimum Gasteiger partial charge on any atom is -0.365 e. The van der Waals surface area contributed by atoms with E-state index in [0.29, 0.717) is 0 Å². The molecule has 0 saturated heterocycles. The van der Waals surface area contributed by atoms with E-state index in [1.807, 2.05) is 14.0 Å². The summed E-state index contributed by atoms with van der Waals surface area (Å²) in [6.45, 7) is 1.97. The molecular formula is C7H8N2S. The van der Waals surface area contributed by atoms with Crippen LogP contribution < -0.4 is 5.32 Å². The van der Waals surface area contributed by atoms with Crippen LogP contribution >= 0.6 is 11.3 Å². The first-order valence-corrected chi connectivity index (χ1v) is 3.71. The monoisotopic (exact) mass is 152 g/mol. The van der Waals surface area contributed by atoms with E-state index in [2.05, 4.69) is 16.2 Å². The summed E-state index contributed by atoms with van der Waals surface area (Å²) < 4.78 is 0. The van der Waals surface area contributed by atoms with Crippen LogP contribution in [-0.4, -0.2) is 12.0 Å². The van der Waals surface area contributed by atoms with Crippen molar-refractivity contribution >= 4 is 16.5 Å². The van der Waals surface area contributed by atoms with Gasteiger partial charge in [0, 0.05) is 11.9 Å². The zero-order chi connectivity index (χ0) is 7.56. The standard InChI is InChI=1S/C7H8N2S/c1-4-6-5(2)10-7(8-3)9-6/h1H,2-3H3,(H,8,9). The average molecular weight is 152 g/mol. The first-order chi connectivity index (χ1) is 4.77. The topological polar surface area (TPSA) is 24.9 Å². The van der Waals surface area contributed by atoms with Gasteiger partial charge in [-0.1, -0.05) is 0 Å². The molecule has 0 aromatic carbocycles. The molecule has 10 heavy (non-hydrogen) atoms. The van der Waals surface area contributed by atoms with Crippen molar-refractivity contribution in [2.75, 3.05) is 12.4 Å². The third-order valence-corrected chi connectivity index (χ3v) is 2.14. The molecule has 0 saturated carbocycles. The largest absolute Gasteiger partial charge is 0.365 e. The number of aryl methyl sites for hydroxylation is 1. The zero-order valence-electron chi connectivity index (χ0n) is 5.93. The number of rotatable bonds is 1. The Balaban J connectivity index is 3.07. The molecule has 3 heteroatoms. The normalized spacial score (nSPS) is 8.90. The SMILES string of the molecule is C#Cc1nc(NC)sc1C. The summed E-state index contributed by atoms with van der Waals surface area (Å²) in [6.07, 6.45) is 5.19. The van der Waals surface area contributed by atoms with Crippen LogP contribution in [0, 0.1) is 19.3 Å². The molecular weight excluding hydrogens is 144 g/mol. The summed E-state index contributed by atoms with van der Waals surface area (Å²) in [4.78, 5) is 5.21. The van der Waals surface area contributed by atoms with Crippen molar-refractivity contribution in [2.24, 2.45) is 0 Å². The number of aromatic nitrogens is 1. The molecule has 52 valence electrons. The first kappa shape index (κ1) is 7.10. The Morgan fingerprint density at radius 1 is 1.70 bits per heavy atom. The van der Waals surface area contributed by atoms with Gasteiger partial charge in [-0.25, -0.2) is 4.98 Å². The minimum atomic E-state index is 0.745. The van der Waals surface area contributed by atoms with Crippen LogP contribution in [0.2, 0.25) is 0 Å². The molecule has 1 N–H and O–H groups in total. The highest BCUT2D eigenvalue weighted by atomic mass is 32.1. The van der Waals surface area contributed by atoms with Gasteiger partial charge in [-0.15, -0.1) is 17.8 Å². The fraction of sp³-hybridized carbons (Fsp3) is 0.286. The van der Waals surface area contributed by atoms with E-state index >= 15 is 0 Å². The highest BCUT2D eigenvalue weighted by molar-refractivity contribution is 7.15. The van der Waals surface area contributed by atoms with Crippen molar-refractivity contribution < 1.29 is 0 Å². The van der Waals surface area contributed by atoms with E-state index in [9.17, 15) is 0 Å². The maximum atomic E-state index is 5.19. The van der Waals surface area contributed by atoms with Gasteiger partial charge in [-0.2, -0.15) is 0 Å². The smallest absolute Gasteiger partial charge is 0.183 e. The molecule has 1 heterocycles. The molecule has 0 amide bonds. The van der Waals surface area contributed by atoms with E-state index in [1.165, 1.54) is 0 Å². The van der Waals surface area contributed by atoms with E-state index < -0.39 is 0 Å². The van der Waals surface area contributed by atoms with Gasteiger partial charge in [-0.05, 0) is 12.8 Å². The summed E-state index contributed by atoms with van der Waals surface area (Å²) in [5, 5.41) is 3.81. The Morgan fingerprint density at radius 2 is 2.40 bits per heavy atom. The lowest BCUT2D eigenvalue weighted by Crippen LogP contribution is -1.85. The van der Waals surface area contributed by atoms with Crippen LogP contribution in [-0.2, 0) is 0 Å². The Morgan fingerprint density at radius 3 is 2.70 bits per heavy atom. The van der Waals surface area contributed by atoms with Gasteiger partial charge in [0.25, 0.3) is 0 Å². The fourth-order valence-electron chi connectivity index (χ4n) is 0.637. The summed E-state index contributed by atoms with van der Waals surface area (Å²) in [6, 6.07) is 0. The highest BCUT2D eigenvalue weighted by Gasteiger charge is 2.01. The third-order valence-electron chi connectivity index (χ3n) is 1.15. The average Bonchev–Trinajstić information content (AvgIpc) is 2.30. The van der Waals surface area contributed by atoms with Gasteiger partial charge >= 0.3 is 0 Å². The summed E-state index contributed by atoms with van der Waals surface area (Å²) in [5.74, 6) is 2.51. The lowest BCUT2D eigenvalue weighted by Gasteiger charge is -1.85. The molecule has 1 aromatic heterocycles. The Hall–Kier alpha value is -1.01. The van der Waals surface area contributed by atoms with Crippen molar-refractivity contribution in [3.8, 4) is 12.3 Å². The van der Waals surface area contributed by atoms with Crippen molar-refractivity contribution in [3.05, 3.63) is 10.6 Å². The van der Waals surface area contributed by atoms with Crippen molar-refractivity contribution in [2.45, 2.75) is 6.92 Å². The second-order valence-corrected chi connectivity index (χ2v) is 3.02. The van der Waals surface area contributed by atoms with Crippen LogP contribution in [0.4, 0.5) is 5.13 Å². The molecule has 0 aliphatic heterocycles. The molecule has 0 aliphatic rings. The molecule has 0 fully saturated rings. The Bertz CT molecular complexity index is 270. The lowest BCUT2D eigenvalue weighted by atomic mass is 10.4. The van der Waals surface area contributed by atoms with Gasteiger partial charge in [0.15, 0.2) is 5.13 Å². The molecule has 2 nitrogen and oxygen atoms in total. The second-order valence-electron chi connectivity index (χ2n) is 1.82. The summed E-state index contributed by atoms with van der Waals surface area (Å²) >= 11 is 1.57. The molecule has 0 spiro atoms. The number of thiazole rings is 1. The van der Waals surface area contributed by atoms with Gasteiger partial charge < -0.3 is 5.32 Å². The number of nitrogens with one attached hydrogen (secondary N) is 1. The number of hydrogen-bond donors (Lipinski definition) is 1. The van der Waals surface area contributed by atoms with Crippen molar-refractivity contribution in [1.29, 1.82) is 0 Å². The van der Waals surface area contributed by atoms with Crippen LogP contribution in [0.15, 0.2) is 0 Å². The molecule has 1 aromatic rings. The van der Waals surface area contributed by atoms with Crippen LogP contribution in [0.3, 0.4) is 0 Å². The molecule has 0 unspecified atom stereocenters. The number of terminal acetylenes is 1. The van der Waals surface area contributed by atoms with E-state index in [-0.39, 0.29) is 0 Å². The van der Waals surface area contributed by atoms with Crippen LogP contribution in [0.1, 0.15) is 10.6 Å². The molecule has 1 rings (SSSR count).